The van der Waals surface area contributed by atoms with Gasteiger partial charge in [-0.05, 0) is 24.8 Å². The Morgan fingerprint density at radius 2 is 2.10 bits per heavy atom. The van der Waals surface area contributed by atoms with Crippen molar-refractivity contribution in [3.8, 4) is 0 Å². The van der Waals surface area contributed by atoms with E-state index in [-0.39, 0.29) is 5.91 Å². The zero-order valence-electron chi connectivity index (χ0n) is 11.9. The summed E-state index contributed by atoms with van der Waals surface area (Å²) in [4.78, 5) is 20.8. The van der Waals surface area contributed by atoms with Gasteiger partial charge in [-0.25, -0.2) is 10.8 Å². The van der Waals surface area contributed by atoms with Crippen molar-refractivity contribution in [3.63, 3.8) is 0 Å². The predicted molar refractivity (Wildman–Crippen MR) is 82.1 cm³/mol. The molecule has 0 unspecified atom stereocenters. The fraction of sp³-hybridized carbons (Fsp3) is 0.571. The molecule has 1 aromatic heterocycles. The monoisotopic (exact) mass is 309 g/mol. The van der Waals surface area contributed by atoms with Crippen LogP contribution in [0.3, 0.4) is 0 Å². The van der Waals surface area contributed by atoms with Crippen molar-refractivity contribution in [2.45, 2.75) is 12.8 Å². The van der Waals surface area contributed by atoms with E-state index in [1.807, 2.05) is 4.90 Å². The van der Waals surface area contributed by atoms with Gasteiger partial charge >= 0.3 is 0 Å². The molecule has 3 N–H and O–H groups in total. The molecule has 3 rings (SSSR count). The number of hydrazine groups is 1. The van der Waals surface area contributed by atoms with Crippen molar-refractivity contribution in [2.75, 3.05) is 38.1 Å². The molecule has 2 heterocycles. The number of nitrogens with zero attached hydrogens (tertiary/aromatic N) is 3. The van der Waals surface area contributed by atoms with Crippen molar-refractivity contribution >= 4 is 23.3 Å². The summed E-state index contributed by atoms with van der Waals surface area (Å²) in [6.45, 7) is 4.62. The molecule has 0 bridgehead atoms. The smallest absolute Gasteiger partial charge is 0.255 e. The van der Waals surface area contributed by atoms with Crippen LogP contribution in [0.15, 0.2) is 12.3 Å². The van der Waals surface area contributed by atoms with Crippen LogP contribution in [0.25, 0.3) is 0 Å². The van der Waals surface area contributed by atoms with E-state index in [9.17, 15) is 4.79 Å². The Morgan fingerprint density at radius 1 is 1.38 bits per heavy atom. The van der Waals surface area contributed by atoms with Gasteiger partial charge in [-0.2, -0.15) is 0 Å². The van der Waals surface area contributed by atoms with E-state index >= 15 is 0 Å². The van der Waals surface area contributed by atoms with Gasteiger partial charge in [0.25, 0.3) is 5.91 Å². The van der Waals surface area contributed by atoms with Gasteiger partial charge in [0, 0.05) is 38.9 Å². The van der Waals surface area contributed by atoms with Crippen molar-refractivity contribution < 1.29 is 4.79 Å². The van der Waals surface area contributed by atoms with Crippen LogP contribution < -0.4 is 11.3 Å². The molecular formula is C14H20ClN5O. The minimum Gasteiger partial charge on any atom is -0.336 e. The number of aromatic nitrogens is 1. The van der Waals surface area contributed by atoms with E-state index in [2.05, 4.69) is 15.3 Å². The SMILES string of the molecule is NNc1ncc(C(=O)N2CCN(CC3CC3)CC2)cc1Cl. The number of halogens is 1. The van der Waals surface area contributed by atoms with Crippen LogP contribution >= 0.6 is 11.6 Å². The minimum atomic E-state index is -0.0148. The standard InChI is InChI=1S/C14H20ClN5O/c15-12-7-11(8-17-13(12)18-16)14(21)20-5-3-19(4-6-20)9-10-1-2-10/h7-8,10H,1-6,9,16H2,(H,17,18). The number of nitrogens with one attached hydrogen (secondary N) is 1. The summed E-state index contributed by atoms with van der Waals surface area (Å²) < 4.78 is 0. The second-order valence-corrected chi connectivity index (χ2v) is 6.14. The number of hydrogen-bond donors (Lipinski definition) is 2. The van der Waals surface area contributed by atoms with Gasteiger partial charge in [0.2, 0.25) is 0 Å². The molecule has 0 spiro atoms. The van der Waals surface area contributed by atoms with Gasteiger partial charge in [-0.3, -0.25) is 9.69 Å². The molecule has 21 heavy (non-hydrogen) atoms. The van der Waals surface area contributed by atoms with E-state index in [1.165, 1.54) is 25.6 Å². The summed E-state index contributed by atoms with van der Waals surface area (Å²) in [5, 5.41) is 0.357. The van der Waals surface area contributed by atoms with Crippen LogP contribution in [0.4, 0.5) is 5.82 Å². The fourth-order valence-electron chi connectivity index (χ4n) is 2.64. The second-order valence-electron chi connectivity index (χ2n) is 5.73. The number of carbonyl (C=O) groups excluding carboxylic acids is 1. The number of rotatable bonds is 4. The van der Waals surface area contributed by atoms with Gasteiger partial charge < -0.3 is 10.3 Å². The lowest BCUT2D eigenvalue weighted by Crippen LogP contribution is -2.49. The Bertz CT molecular complexity index is 526. The summed E-state index contributed by atoms with van der Waals surface area (Å²) >= 11 is 6.02. The van der Waals surface area contributed by atoms with Crippen LogP contribution in [0.5, 0.6) is 0 Å². The Kier molecular flexibility index (Phi) is 4.28. The molecule has 1 saturated heterocycles. The number of carbonyl (C=O) groups is 1. The van der Waals surface area contributed by atoms with Crippen LogP contribution in [0.1, 0.15) is 23.2 Å². The highest BCUT2D eigenvalue weighted by Gasteiger charge is 2.28. The Morgan fingerprint density at radius 3 is 2.67 bits per heavy atom. The van der Waals surface area contributed by atoms with Crippen LogP contribution in [-0.2, 0) is 0 Å². The third kappa shape index (κ3) is 3.45. The van der Waals surface area contributed by atoms with E-state index in [1.54, 1.807) is 6.07 Å². The topological polar surface area (TPSA) is 74.5 Å². The molecule has 2 fully saturated rings. The third-order valence-electron chi connectivity index (χ3n) is 4.10. The summed E-state index contributed by atoms with van der Waals surface area (Å²) in [5.74, 6) is 6.54. The molecule has 1 aliphatic carbocycles. The Labute approximate surface area is 129 Å². The summed E-state index contributed by atoms with van der Waals surface area (Å²) in [6.07, 6.45) is 4.25. The lowest BCUT2D eigenvalue weighted by Gasteiger charge is -2.34. The number of hydrogen-bond acceptors (Lipinski definition) is 5. The maximum absolute atomic E-state index is 12.4. The highest BCUT2D eigenvalue weighted by molar-refractivity contribution is 6.33. The molecule has 0 radical (unpaired) electrons. The highest BCUT2D eigenvalue weighted by atomic mass is 35.5. The van der Waals surface area contributed by atoms with Gasteiger partial charge in [-0.15, -0.1) is 0 Å². The summed E-state index contributed by atoms with van der Waals surface area (Å²) in [6, 6.07) is 1.61. The van der Waals surface area contributed by atoms with E-state index < -0.39 is 0 Å². The molecule has 0 atom stereocenters. The molecule has 114 valence electrons. The van der Waals surface area contributed by atoms with Crippen molar-refractivity contribution in [2.24, 2.45) is 11.8 Å². The first-order valence-electron chi connectivity index (χ1n) is 7.31. The average molecular weight is 310 g/mol. The van der Waals surface area contributed by atoms with Gasteiger partial charge in [0.15, 0.2) is 5.82 Å². The van der Waals surface area contributed by atoms with Crippen LogP contribution in [-0.4, -0.2) is 53.4 Å². The van der Waals surface area contributed by atoms with E-state index in [0.29, 0.717) is 16.4 Å². The Balaban J connectivity index is 1.59. The molecular weight excluding hydrogens is 290 g/mol. The lowest BCUT2D eigenvalue weighted by atomic mass is 10.2. The van der Waals surface area contributed by atoms with Crippen LogP contribution in [0, 0.1) is 5.92 Å². The minimum absolute atomic E-state index is 0.0148. The molecule has 2 aliphatic rings. The first kappa shape index (κ1) is 14.6. The number of anilines is 1. The summed E-state index contributed by atoms with van der Waals surface area (Å²) in [5.41, 5.74) is 2.91. The fourth-order valence-corrected chi connectivity index (χ4v) is 2.86. The maximum atomic E-state index is 12.4. The normalized spacial score (nSPS) is 19.6. The van der Waals surface area contributed by atoms with Crippen molar-refractivity contribution in [1.29, 1.82) is 0 Å². The molecule has 7 heteroatoms. The number of nitrogens with two attached hydrogens (primary N) is 1. The number of pyridine rings is 1. The van der Waals surface area contributed by atoms with Crippen LogP contribution in [0.2, 0.25) is 5.02 Å². The second kappa shape index (κ2) is 6.17. The highest BCUT2D eigenvalue weighted by Crippen LogP contribution is 2.30. The zero-order valence-corrected chi connectivity index (χ0v) is 12.6. The largest absolute Gasteiger partial charge is 0.336 e. The predicted octanol–water partition coefficient (Wildman–Crippen LogP) is 1.19. The average Bonchev–Trinajstić information content (AvgIpc) is 3.31. The van der Waals surface area contributed by atoms with Gasteiger partial charge in [0.1, 0.15) is 0 Å². The zero-order chi connectivity index (χ0) is 14.8. The molecule has 0 aromatic carbocycles. The lowest BCUT2D eigenvalue weighted by molar-refractivity contribution is 0.0631. The quantitative estimate of drug-likeness (QED) is 0.645. The molecule has 6 nitrogen and oxygen atoms in total. The number of piperazine rings is 1. The van der Waals surface area contributed by atoms with Crippen molar-refractivity contribution in [3.05, 3.63) is 22.8 Å². The molecule has 1 amide bonds. The van der Waals surface area contributed by atoms with Crippen molar-refractivity contribution in [1.82, 2.24) is 14.8 Å². The summed E-state index contributed by atoms with van der Waals surface area (Å²) in [7, 11) is 0. The Hall–Kier alpha value is -1.37. The molecule has 1 aliphatic heterocycles. The maximum Gasteiger partial charge on any atom is 0.255 e. The number of amides is 1. The first-order valence-corrected chi connectivity index (χ1v) is 7.69. The van der Waals surface area contributed by atoms with Gasteiger partial charge in [0.05, 0.1) is 10.6 Å². The number of nitrogen functional groups attached to an aromatic ring is 1. The van der Waals surface area contributed by atoms with Gasteiger partial charge in [-0.1, -0.05) is 11.6 Å². The van der Waals surface area contributed by atoms with E-state index in [0.717, 1.165) is 32.1 Å². The molecule has 1 aromatic rings. The van der Waals surface area contributed by atoms with E-state index in [4.69, 9.17) is 17.4 Å². The first-order chi connectivity index (χ1) is 10.2. The third-order valence-corrected chi connectivity index (χ3v) is 4.39. The molecule has 1 saturated carbocycles.